The summed E-state index contributed by atoms with van der Waals surface area (Å²) in [4.78, 5) is 13.4. The van der Waals surface area contributed by atoms with Crippen LogP contribution in [0, 0.1) is 6.92 Å². The van der Waals surface area contributed by atoms with Crippen LogP contribution in [0.2, 0.25) is 0 Å². The number of thiophene rings is 1. The molecule has 2 nitrogen and oxygen atoms in total. The second-order valence-electron chi connectivity index (χ2n) is 3.67. The summed E-state index contributed by atoms with van der Waals surface area (Å²) in [5.74, 6) is -0.0253. The second kappa shape index (κ2) is 5.38. The second-order valence-corrected chi connectivity index (χ2v) is 5.89. The number of hydrogen-bond acceptors (Lipinski definition) is 3. The largest absolute Gasteiger partial charge is 0.477 e. The van der Waals surface area contributed by atoms with Crippen LogP contribution in [-0.4, -0.2) is 11.1 Å². The zero-order chi connectivity index (χ0) is 12.3. The molecule has 0 amide bonds. The lowest BCUT2D eigenvalue weighted by Crippen LogP contribution is -1.89. The molecule has 1 aromatic heterocycles. The molecule has 0 fully saturated rings. The van der Waals surface area contributed by atoms with E-state index in [1.807, 2.05) is 6.07 Å². The molecule has 0 unspecified atom stereocenters. The van der Waals surface area contributed by atoms with Gasteiger partial charge in [-0.25, -0.2) is 4.79 Å². The van der Waals surface area contributed by atoms with Gasteiger partial charge in [-0.05, 0) is 31.2 Å². The first-order valence-corrected chi connectivity index (χ1v) is 6.97. The van der Waals surface area contributed by atoms with Gasteiger partial charge in [-0.2, -0.15) is 0 Å². The van der Waals surface area contributed by atoms with Gasteiger partial charge >= 0.3 is 5.97 Å². The summed E-state index contributed by atoms with van der Waals surface area (Å²) >= 11 is 3.07. The summed E-state index contributed by atoms with van der Waals surface area (Å²) in [7, 11) is 0. The Hall–Kier alpha value is -1.26. The smallest absolute Gasteiger partial charge is 0.345 e. The molecule has 0 saturated carbocycles. The van der Waals surface area contributed by atoms with Crippen molar-refractivity contribution in [2.75, 3.05) is 0 Å². The maximum absolute atomic E-state index is 10.7. The molecule has 0 bridgehead atoms. The van der Waals surface area contributed by atoms with E-state index in [1.165, 1.54) is 21.8 Å². The number of carboxylic acids is 1. The van der Waals surface area contributed by atoms with Crippen molar-refractivity contribution in [3.8, 4) is 0 Å². The minimum absolute atomic E-state index is 0.407. The van der Waals surface area contributed by atoms with Gasteiger partial charge in [0.05, 0.1) is 0 Å². The number of carbonyl (C=O) groups is 1. The van der Waals surface area contributed by atoms with Crippen LogP contribution in [0.1, 0.15) is 20.1 Å². The van der Waals surface area contributed by atoms with Gasteiger partial charge in [0.1, 0.15) is 4.88 Å². The van der Waals surface area contributed by atoms with E-state index in [4.69, 9.17) is 5.11 Å². The van der Waals surface area contributed by atoms with E-state index in [2.05, 4.69) is 31.2 Å². The predicted molar refractivity (Wildman–Crippen MR) is 72.0 cm³/mol. The van der Waals surface area contributed by atoms with Crippen LogP contribution in [0.15, 0.2) is 41.3 Å². The lowest BCUT2D eigenvalue weighted by atomic mass is 10.2. The van der Waals surface area contributed by atoms with Gasteiger partial charge in [-0.1, -0.05) is 17.7 Å². The number of benzene rings is 1. The van der Waals surface area contributed by atoms with Crippen LogP contribution >= 0.6 is 23.1 Å². The van der Waals surface area contributed by atoms with Crippen LogP contribution in [0.25, 0.3) is 0 Å². The molecular weight excluding hydrogens is 252 g/mol. The Bertz CT molecular complexity index is 514. The Kier molecular flexibility index (Phi) is 3.86. The SMILES string of the molecule is Cc1ccc(SCc2ccc(C(=O)O)s2)cc1. The monoisotopic (exact) mass is 264 g/mol. The van der Waals surface area contributed by atoms with Gasteiger partial charge in [0.2, 0.25) is 0 Å². The summed E-state index contributed by atoms with van der Waals surface area (Å²) in [6.45, 7) is 2.06. The Morgan fingerprint density at radius 3 is 2.53 bits per heavy atom. The highest BCUT2D eigenvalue weighted by atomic mass is 32.2. The molecular formula is C13H12O2S2. The first-order chi connectivity index (χ1) is 8.15. The van der Waals surface area contributed by atoms with E-state index in [0.29, 0.717) is 4.88 Å². The third kappa shape index (κ3) is 3.35. The third-order valence-electron chi connectivity index (χ3n) is 2.27. The molecule has 0 spiro atoms. The summed E-state index contributed by atoms with van der Waals surface area (Å²) in [6.07, 6.45) is 0. The van der Waals surface area contributed by atoms with Crippen LogP contribution in [0.3, 0.4) is 0 Å². The average Bonchev–Trinajstić information content (AvgIpc) is 2.77. The molecule has 0 atom stereocenters. The van der Waals surface area contributed by atoms with Gasteiger partial charge in [0.25, 0.3) is 0 Å². The van der Waals surface area contributed by atoms with Crippen molar-refractivity contribution < 1.29 is 9.90 Å². The van der Waals surface area contributed by atoms with Crippen LogP contribution in [0.4, 0.5) is 0 Å². The lowest BCUT2D eigenvalue weighted by Gasteiger charge is -2.00. The van der Waals surface area contributed by atoms with E-state index < -0.39 is 5.97 Å². The molecule has 0 saturated heterocycles. The molecule has 4 heteroatoms. The summed E-state index contributed by atoms with van der Waals surface area (Å²) in [5, 5.41) is 8.82. The van der Waals surface area contributed by atoms with Gasteiger partial charge in [-0.15, -0.1) is 23.1 Å². The van der Waals surface area contributed by atoms with Gasteiger partial charge in [0, 0.05) is 15.5 Å². The number of thioether (sulfide) groups is 1. The third-order valence-corrected chi connectivity index (χ3v) is 4.59. The molecule has 0 aliphatic rings. The van der Waals surface area contributed by atoms with Crippen molar-refractivity contribution in [1.82, 2.24) is 0 Å². The van der Waals surface area contributed by atoms with Crippen LogP contribution in [-0.2, 0) is 5.75 Å². The zero-order valence-corrected chi connectivity index (χ0v) is 11.0. The first-order valence-electron chi connectivity index (χ1n) is 5.16. The van der Waals surface area contributed by atoms with Gasteiger partial charge in [-0.3, -0.25) is 0 Å². The Balaban J connectivity index is 1.97. The van der Waals surface area contributed by atoms with Crippen molar-refractivity contribution in [2.24, 2.45) is 0 Å². The molecule has 1 heterocycles. The number of aromatic carboxylic acids is 1. The maximum Gasteiger partial charge on any atom is 0.345 e. The van der Waals surface area contributed by atoms with E-state index >= 15 is 0 Å². The van der Waals surface area contributed by atoms with E-state index in [0.717, 1.165) is 10.6 Å². The number of rotatable bonds is 4. The highest BCUT2D eigenvalue weighted by Gasteiger charge is 2.06. The van der Waals surface area contributed by atoms with Crippen molar-refractivity contribution in [3.63, 3.8) is 0 Å². The molecule has 1 N–H and O–H groups in total. The molecule has 0 aliphatic heterocycles. The Labute approximate surface area is 108 Å². The van der Waals surface area contributed by atoms with E-state index in [1.54, 1.807) is 17.8 Å². The molecule has 0 aliphatic carbocycles. The molecule has 0 radical (unpaired) electrons. The highest BCUT2D eigenvalue weighted by molar-refractivity contribution is 7.98. The number of hydrogen-bond donors (Lipinski definition) is 1. The predicted octanol–water partition coefficient (Wildman–Crippen LogP) is 4.05. The molecule has 2 aromatic rings. The number of carboxylic acid groups (broad SMARTS) is 1. The van der Waals surface area contributed by atoms with Gasteiger partial charge < -0.3 is 5.11 Å². The van der Waals surface area contributed by atoms with Crippen molar-refractivity contribution in [2.45, 2.75) is 17.6 Å². The lowest BCUT2D eigenvalue weighted by molar-refractivity contribution is 0.0702. The van der Waals surface area contributed by atoms with E-state index in [-0.39, 0.29) is 0 Å². The zero-order valence-electron chi connectivity index (χ0n) is 9.34. The fourth-order valence-electron chi connectivity index (χ4n) is 1.36. The van der Waals surface area contributed by atoms with Crippen LogP contribution in [0.5, 0.6) is 0 Å². The summed E-state index contributed by atoms with van der Waals surface area (Å²) in [5.41, 5.74) is 1.25. The van der Waals surface area contributed by atoms with E-state index in [9.17, 15) is 4.79 Å². The normalized spacial score (nSPS) is 10.4. The maximum atomic E-state index is 10.7. The first kappa shape index (κ1) is 12.2. The van der Waals surface area contributed by atoms with Gasteiger partial charge in [0.15, 0.2) is 0 Å². The summed E-state index contributed by atoms with van der Waals surface area (Å²) < 4.78 is 0. The average molecular weight is 264 g/mol. The Morgan fingerprint density at radius 1 is 1.24 bits per heavy atom. The van der Waals surface area contributed by atoms with Crippen LogP contribution < -0.4 is 0 Å². The Morgan fingerprint density at radius 2 is 1.94 bits per heavy atom. The molecule has 1 aromatic carbocycles. The minimum atomic E-state index is -0.846. The number of aryl methyl sites for hydroxylation is 1. The fraction of sp³-hybridized carbons (Fsp3) is 0.154. The summed E-state index contributed by atoms with van der Waals surface area (Å²) in [6, 6.07) is 11.9. The molecule has 2 rings (SSSR count). The highest BCUT2D eigenvalue weighted by Crippen LogP contribution is 2.27. The fourth-order valence-corrected chi connectivity index (χ4v) is 3.15. The quantitative estimate of drug-likeness (QED) is 0.847. The van der Waals surface area contributed by atoms with Crippen molar-refractivity contribution in [3.05, 3.63) is 51.7 Å². The standard InChI is InChI=1S/C13H12O2S2/c1-9-2-4-10(5-3-9)16-8-11-6-7-12(17-11)13(14)15/h2-7H,8H2,1H3,(H,14,15). The van der Waals surface area contributed by atoms with Crippen molar-refractivity contribution >= 4 is 29.1 Å². The topological polar surface area (TPSA) is 37.3 Å². The van der Waals surface area contributed by atoms with Crippen molar-refractivity contribution in [1.29, 1.82) is 0 Å². The molecule has 17 heavy (non-hydrogen) atoms. The minimum Gasteiger partial charge on any atom is -0.477 e. The molecule has 88 valence electrons.